The molecule has 4 saturated heterocycles. The summed E-state index contributed by atoms with van der Waals surface area (Å²) >= 11 is 0. The molecule has 8 rings (SSSR count). The molecule has 0 amide bonds. The largest absolute Gasteiger partial charge is 0.465 e. The van der Waals surface area contributed by atoms with E-state index in [0.29, 0.717) is 55.1 Å². The van der Waals surface area contributed by atoms with Crippen LogP contribution >= 0.6 is 0 Å². The number of nitrogens with one attached hydrogen (secondary N) is 4. The molecule has 348 valence electrons. The van der Waals surface area contributed by atoms with Crippen LogP contribution in [-0.2, 0) is 30.2 Å². The van der Waals surface area contributed by atoms with Crippen molar-refractivity contribution in [2.24, 2.45) is 10.2 Å². The molecule has 0 saturated carbocycles. The van der Waals surface area contributed by atoms with Crippen molar-refractivity contribution in [1.82, 2.24) is 39.5 Å². The van der Waals surface area contributed by atoms with Gasteiger partial charge in [-0.15, -0.1) is 5.11 Å². The Morgan fingerprint density at radius 2 is 1.23 bits per heavy atom. The average Bonchev–Trinajstić information content (AvgIpc) is 3.32. The number of carbonyl (C=O) groups is 2. The average molecular weight is 887 g/mol. The van der Waals surface area contributed by atoms with Gasteiger partial charge in [0.1, 0.15) is 18.2 Å². The lowest BCUT2D eigenvalue weighted by Gasteiger charge is -2.33. The molecule has 21 nitrogen and oxygen atoms in total. The van der Waals surface area contributed by atoms with Crippen molar-refractivity contribution in [3.63, 3.8) is 0 Å². The van der Waals surface area contributed by atoms with E-state index in [1.165, 1.54) is 0 Å². The van der Waals surface area contributed by atoms with Crippen LogP contribution in [0.5, 0.6) is 0 Å². The van der Waals surface area contributed by atoms with Gasteiger partial charge in [0, 0.05) is 117 Å². The zero-order chi connectivity index (χ0) is 44.5. The normalized spacial score (nSPS) is 19.1. The number of carbonyl (C=O) groups excluding carboxylic acids is 2. The minimum Gasteiger partial charge on any atom is -0.465 e. The number of nitrogens with zero attached hydrogens (tertiary/aromatic N) is 12. The number of ether oxygens (including phenoxy) is 3. The first kappa shape index (κ1) is 46.7. The van der Waals surface area contributed by atoms with E-state index in [0.717, 1.165) is 148 Å². The van der Waals surface area contributed by atoms with Crippen molar-refractivity contribution >= 4 is 58.3 Å². The molecule has 1 aromatic carbocycles. The molecule has 5 aliphatic heterocycles. The Kier molecular flexibility index (Phi) is 17.6. The number of anilines is 6. The molecule has 3 aromatic rings. The summed E-state index contributed by atoms with van der Waals surface area (Å²) in [5.41, 5.74) is 2.06. The maximum absolute atomic E-state index is 12.1. The summed E-state index contributed by atoms with van der Waals surface area (Å²) in [6, 6.07) is 9.49. The third kappa shape index (κ3) is 13.8. The molecule has 0 radical (unpaired) electrons. The van der Waals surface area contributed by atoms with Gasteiger partial charge in [-0.05, 0) is 33.2 Å². The fourth-order valence-electron chi connectivity index (χ4n) is 7.74. The molecule has 0 bridgehead atoms. The number of fused-ring (bicyclic) bond motifs is 1. The number of benzene rings is 1. The van der Waals surface area contributed by atoms with Crippen LogP contribution < -0.4 is 31.1 Å². The number of ketones is 1. The van der Waals surface area contributed by atoms with E-state index in [4.69, 9.17) is 34.1 Å². The zero-order valence-electron chi connectivity index (χ0n) is 37.8. The van der Waals surface area contributed by atoms with Crippen LogP contribution in [-0.4, -0.2) is 216 Å². The summed E-state index contributed by atoms with van der Waals surface area (Å²) in [5, 5.41) is 22.2. The van der Waals surface area contributed by atoms with Gasteiger partial charge in [-0.1, -0.05) is 18.2 Å². The Bertz CT molecular complexity index is 1970. The van der Waals surface area contributed by atoms with Crippen LogP contribution in [0.4, 0.5) is 46.5 Å². The topological polar surface area (TPSA) is 206 Å². The lowest BCUT2D eigenvalue weighted by atomic mass is 10.1. The summed E-state index contributed by atoms with van der Waals surface area (Å²) < 4.78 is 16.0. The third-order valence-corrected chi connectivity index (χ3v) is 11.6. The quantitative estimate of drug-likeness (QED) is 0.120. The summed E-state index contributed by atoms with van der Waals surface area (Å²) in [4.78, 5) is 57.0. The number of Topliss-reactive ketones (excluding diaryl/α,β-unsaturated/α-hetero) is 1. The molecular weight excluding hydrogens is 821 g/mol. The predicted octanol–water partition coefficient (Wildman–Crippen LogP) is 1.87. The van der Waals surface area contributed by atoms with E-state index < -0.39 is 0 Å². The van der Waals surface area contributed by atoms with Crippen LogP contribution in [0.2, 0.25) is 0 Å². The van der Waals surface area contributed by atoms with E-state index in [1.54, 1.807) is 6.92 Å². The van der Waals surface area contributed by atoms with Crippen molar-refractivity contribution in [3.8, 4) is 0 Å². The highest BCUT2D eigenvalue weighted by molar-refractivity contribution is 5.91. The van der Waals surface area contributed by atoms with Gasteiger partial charge in [0.2, 0.25) is 11.9 Å². The molecule has 7 heterocycles. The molecule has 2 aromatic heterocycles. The second-order valence-corrected chi connectivity index (χ2v) is 16.4. The van der Waals surface area contributed by atoms with Crippen LogP contribution in [0.3, 0.4) is 0 Å². The summed E-state index contributed by atoms with van der Waals surface area (Å²) in [6.45, 7) is 19.8. The Morgan fingerprint density at radius 3 is 1.81 bits per heavy atom. The lowest BCUT2D eigenvalue weighted by Crippen LogP contribution is -2.45. The first-order valence-corrected chi connectivity index (χ1v) is 22.7. The highest BCUT2D eigenvalue weighted by Gasteiger charge is 2.26. The van der Waals surface area contributed by atoms with Crippen molar-refractivity contribution in [1.29, 1.82) is 0 Å². The molecule has 4 N–H and O–H groups in total. The number of morpholine rings is 2. The number of hydrogen-bond donors (Lipinski definition) is 4. The van der Waals surface area contributed by atoms with E-state index in [2.05, 4.69) is 75.0 Å². The fraction of sp³-hybridized carbons (Fsp3) is 0.628. The van der Waals surface area contributed by atoms with Crippen LogP contribution in [0.15, 0.2) is 40.6 Å². The van der Waals surface area contributed by atoms with Gasteiger partial charge in [0.15, 0.2) is 23.1 Å². The molecule has 0 unspecified atom stereocenters. The number of azo groups is 1. The first-order valence-electron chi connectivity index (χ1n) is 22.7. The van der Waals surface area contributed by atoms with Gasteiger partial charge in [-0.3, -0.25) is 19.4 Å². The zero-order valence-corrected chi connectivity index (χ0v) is 37.8. The fourth-order valence-corrected chi connectivity index (χ4v) is 7.74. The number of piperazine rings is 2. The Balaban J connectivity index is 0.000000201. The highest BCUT2D eigenvalue weighted by Crippen LogP contribution is 2.35. The Labute approximate surface area is 376 Å². The SMILES string of the molecule is CCOC(=O)CNc1nc(N2CCN(C)CC2)nc(NCCN2CCOCC2)c1N=Nc1ccccc1.CN1CCN(c2nc(NCCN3CCOCC3)c3c(n2)NCC(=O)C3)CC1. The first-order chi connectivity index (χ1) is 31.3. The van der Waals surface area contributed by atoms with Crippen molar-refractivity contribution in [3.05, 3.63) is 35.9 Å². The van der Waals surface area contributed by atoms with Gasteiger partial charge >= 0.3 is 5.97 Å². The van der Waals surface area contributed by atoms with E-state index in [-0.39, 0.29) is 18.3 Å². The third-order valence-electron chi connectivity index (χ3n) is 11.6. The summed E-state index contributed by atoms with van der Waals surface area (Å²) in [5.74, 6) is 3.75. The molecule has 0 spiro atoms. The minimum atomic E-state index is -0.366. The second kappa shape index (κ2) is 24.1. The van der Waals surface area contributed by atoms with Crippen LogP contribution in [0, 0.1) is 0 Å². The van der Waals surface area contributed by atoms with E-state index >= 15 is 0 Å². The van der Waals surface area contributed by atoms with Gasteiger partial charge in [0.05, 0.1) is 45.3 Å². The van der Waals surface area contributed by atoms with Gasteiger partial charge < -0.3 is 55.1 Å². The maximum atomic E-state index is 12.1. The number of aromatic nitrogens is 4. The smallest absolute Gasteiger partial charge is 0.325 e. The van der Waals surface area contributed by atoms with Crippen molar-refractivity contribution in [2.75, 3.05) is 196 Å². The number of hydrogen-bond acceptors (Lipinski definition) is 21. The molecule has 5 aliphatic rings. The molecule has 0 aliphatic carbocycles. The van der Waals surface area contributed by atoms with Gasteiger partial charge in [-0.25, -0.2) is 0 Å². The van der Waals surface area contributed by atoms with E-state index in [9.17, 15) is 9.59 Å². The van der Waals surface area contributed by atoms with Gasteiger partial charge in [0.25, 0.3) is 0 Å². The Hall–Kier alpha value is -5.32. The standard InChI is InChI=1S/C25H37N9O3.C18H29N7O2/c1-3-37-21(35)19-27-24-22(31-30-20-7-5-4-6-8-20)23(26-9-10-33-15-17-36-18-16-33)28-25(29-24)34-13-11-32(2)12-14-34;1-23-4-6-25(7-5-23)18-21-16(15-12-14(26)13-20-17(15)22-18)19-2-3-24-8-10-27-11-9-24/h4-8H,3,9-19H2,1-2H3,(H2,26,27,28,29);2-13H2,1H3,(H2,19,20,21,22). The molecule has 4 fully saturated rings. The van der Waals surface area contributed by atoms with Crippen LogP contribution in [0.25, 0.3) is 0 Å². The minimum absolute atomic E-state index is 0.0336. The van der Waals surface area contributed by atoms with Crippen molar-refractivity contribution < 1.29 is 23.8 Å². The van der Waals surface area contributed by atoms with E-state index in [1.807, 2.05) is 30.3 Å². The van der Waals surface area contributed by atoms with Crippen LogP contribution in [0.1, 0.15) is 12.5 Å². The van der Waals surface area contributed by atoms with Gasteiger partial charge in [-0.2, -0.15) is 25.1 Å². The lowest BCUT2D eigenvalue weighted by molar-refractivity contribution is -0.140. The number of likely N-dealkylation sites (N-methyl/N-ethyl adjacent to an activating group) is 2. The summed E-state index contributed by atoms with van der Waals surface area (Å²) in [6.07, 6.45) is 0.394. The monoisotopic (exact) mass is 887 g/mol. The predicted molar refractivity (Wildman–Crippen MR) is 248 cm³/mol. The molecule has 21 heteroatoms. The second-order valence-electron chi connectivity index (χ2n) is 16.4. The highest BCUT2D eigenvalue weighted by atomic mass is 16.5. The molecule has 0 atom stereocenters. The molecular formula is C43H66N16O5. The summed E-state index contributed by atoms with van der Waals surface area (Å²) in [7, 11) is 4.24. The molecule has 64 heavy (non-hydrogen) atoms. The van der Waals surface area contributed by atoms with Crippen molar-refractivity contribution in [2.45, 2.75) is 13.3 Å². The maximum Gasteiger partial charge on any atom is 0.325 e. The number of rotatable bonds is 16. The Morgan fingerprint density at radius 1 is 0.703 bits per heavy atom. The number of esters is 1.